The number of methoxy groups -OCH3 is 1. The van der Waals surface area contributed by atoms with Crippen LogP contribution in [0.4, 0.5) is 5.69 Å². The summed E-state index contributed by atoms with van der Waals surface area (Å²) in [5.41, 5.74) is 2.80. The Morgan fingerprint density at radius 1 is 1.14 bits per heavy atom. The zero-order valence-electron chi connectivity index (χ0n) is 11.9. The van der Waals surface area contributed by atoms with E-state index in [-0.39, 0.29) is 5.69 Å². The maximum absolute atomic E-state index is 10.8. The predicted molar refractivity (Wildman–Crippen MR) is 86.9 cm³/mol. The third-order valence-corrected chi connectivity index (χ3v) is 3.42. The van der Waals surface area contributed by atoms with E-state index in [2.05, 4.69) is 4.98 Å². The van der Waals surface area contributed by atoms with Gasteiger partial charge in [0, 0.05) is 34.3 Å². The molecule has 1 N–H and O–H groups in total. The van der Waals surface area contributed by atoms with Gasteiger partial charge < -0.3 is 9.72 Å². The highest BCUT2D eigenvalue weighted by Crippen LogP contribution is 2.24. The summed E-state index contributed by atoms with van der Waals surface area (Å²) in [5, 5.41) is 11.6. The first-order valence-electron chi connectivity index (χ1n) is 6.75. The zero-order chi connectivity index (χ0) is 15.5. The van der Waals surface area contributed by atoms with E-state index in [0.29, 0.717) is 0 Å². The van der Waals surface area contributed by atoms with Crippen molar-refractivity contribution in [3.8, 4) is 5.75 Å². The van der Waals surface area contributed by atoms with Crippen LogP contribution in [0.1, 0.15) is 11.3 Å². The van der Waals surface area contributed by atoms with Crippen molar-refractivity contribution in [1.82, 2.24) is 4.98 Å². The number of H-pyrrole nitrogens is 1. The highest BCUT2D eigenvalue weighted by atomic mass is 16.6. The first kappa shape index (κ1) is 13.9. The van der Waals surface area contributed by atoms with E-state index in [0.717, 1.165) is 27.9 Å². The van der Waals surface area contributed by atoms with Crippen LogP contribution in [0.15, 0.2) is 48.5 Å². The lowest BCUT2D eigenvalue weighted by Crippen LogP contribution is -1.86. The van der Waals surface area contributed by atoms with Gasteiger partial charge in [0.1, 0.15) is 5.75 Å². The van der Waals surface area contributed by atoms with Crippen LogP contribution in [0.25, 0.3) is 23.1 Å². The number of nitrogens with zero attached hydrogens (tertiary/aromatic N) is 1. The number of aromatic nitrogens is 1. The number of rotatable bonds is 4. The summed E-state index contributed by atoms with van der Waals surface area (Å²) in [6.07, 6.45) is 3.86. The van der Waals surface area contributed by atoms with Crippen molar-refractivity contribution in [2.24, 2.45) is 0 Å². The molecule has 0 amide bonds. The fraction of sp³-hybridized carbons (Fsp3) is 0.0588. The maximum atomic E-state index is 10.8. The molecule has 0 aliphatic rings. The molecular formula is C17H14N2O3. The fourth-order valence-electron chi connectivity index (χ4n) is 2.33. The second kappa shape index (κ2) is 5.73. The molecule has 0 bridgehead atoms. The lowest BCUT2D eigenvalue weighted by atomic mass is 10.1. The summed E-state index contributed by atoms with van der Waals surface area (Å²) < 4.78 is 5.30. The summed E-state index contributed by atoms with van der Waals surface area (Å²) in [7, 11) is 1.63. The van der Waals surface area contributed by atoms with Crippen molar-refractivity contribution in [1.29, 1.82) is 0 Å². The number of aromatic amines is 1. The monoisotopic (exact) mass is 294 g/mol. The minimum absolute atomic E-state index is 0.0896. The van der Waals surface area contributed by atoms with Crippen molar-refractivity contribution in [2.75, 3.05) is 7.11 Å². The van der Waals surface area contributed by atoms with Crippen molar-refractivity contribution < 1.29 is 9.66 Å². The lowest BCUT2D eigenvalue weighted by molar-refractivity contribution is -0.384. The van der Waals surface area contributed by atoms with Crippen molar-refractivity contribution >= 4 is 28.7 Å². The van der Waals surface area contributed by atoms with Gasteiger partial charge in [0.05, 0.1) is 12.0 Å². The van der Waals surface area contributed by atoms with Crippen LogP contribution in [0.2, 0.25) is 0 Å². The predicted octanol–water partition coefficient (Wildman–Crippen LogP) is 4.26. The molecule has 5 nitrogen and oxygen atoms in total. The van der Waals surface area contributed by atoms with Gasteiger partial charge in [0.2, 0.25) is 0 Å². The van der Waals surface area contributed by atoms with Gasteiger partial charge in [-0.1, -0.05) is 18.2 Å². The van der Waals surface area contributed by atoms with Gasteiger partial charge in [-0.3, -0.25) is 10.1 Å². The van der Waals surface area contributed by atoms with Gasteiger partial charge in [-0.05, 0) is 30.4 Å². The number of nitro groups is 1. The summed E-state index contributed by atoms with van der Waals surface area (Å²) in [6, 6.07) is 14.4. The van der Waals surface area contributed by atoms with E-state index in [1.165, 1.54) is 6.07 Å². The van der Waals surface area contributed by atoms with E-state index < -0.39 is 4.92 Å². The number of fused-ring (bicyclic) bond motifs is 1. The van der Waals surface area contributed by atoms with Crippen molar-refractivity contribution in [2.45, 2.75) is 0 Å². The molecule has 0 aliphatic heterocycles. The van der Waals surface area contributed by atoms with Crippen LogP contribution in [-0.4, -0.2) is 17.0 Å². The molecule has 0 spiro atoms. The number of nitro benzene ring substituents is 1. The van der Waals surface area contributed by atoms with Crippen LogP contribution in [0, 0.1) is 10.1 Å². The van der Waals surface area contributed by atoms with E-state index in [4.69, 9.17) is 4.74 Å². The largest absolute Gasteiger partial charge is 0.496 e. The molecule has 0 saturated heterocycles. The molecule has 0 unspecified atom stereocenters. The Labute approximate surface area is 127 Å². The van der Waals surface area contributed by atoms with Gasteiger partial charge >= 0.3 is 0 Å². The Kier molecular flexibility index (Phi) is 3.62. The Hall–Kier alpha value is -3.08. The number of non-ortho nitro benzene ring substituents is 1. The highest BCUT2D eigenvalue weighted by Gasteiger charge is 2.07. The van der Waals surface area contributed by atoms with Crippen LogP contribution < -0.4 is 4.74 Å². The van der Waals surface area contributed by atoms with Gasteiger partial charge in [-0.2, -0.15) is 0 Å². The van der Waals surface area contributed by atoms with Crippen molar-refractivity contribution in [3.05, 3.63) is 69.9 Å². The molecule has 22 heavy (non-hydrogen) atoms. The quantitative estimate of drug-likeness (QED) is 0.577. The average molecular weight is 294 g/mol. The zero-order valence-corrected chi connectivity index (χ0v) is 11.9. The Bertz CT molecular complexity index is 865. The molecule has 0 atom stereocenters. The number of ether oxygens (including phenoxy) is 1. The minimum Gasteiger partial charge on any atom is -0.496 e. The molecule has 1 heterocycles. The van der Waals surface area contributed by atoms with E-state index >= 15 is 0 Å². The normalized spacial score (nSPS) is 11.1. The fourth-order valence-corrected chi connectivity index (χ4v) is 2.33. The number of benzene rings is 2. The molecule has 3 rings (SSSR count). The van der Waals surface area contributed by atoms with Crippen LogP contribution >= 0.6 is 0 Å². The molecule has 5 heteroatoms. The number of nitrogens with one attached hydrogen (secondary N) is 1. The Morgan fingerprint density at radius 3 is 2.73 bits per heavy atom. The summed E-state index contributed by atoms with van der Waals surface area (Å²) in [4.78, 5) is 13.6. The molecular weight excluding hydrogens is 280 g/mol. The SMILES string of the molecule is COc1ccccc1C=Cc1cc2cc([N+](=O)[O-])ccc2[nH]1. The molecule has 1 aromatic heterocycles. The van der Waals surface area contributed by atoms with E-state index in [9.17, 15) is 10.1 Å². The Balaban J connectivity index is 1.93. The van der Waals surface area contributed by atoms with Crippen LogP contribution in [-0.2, 0) is 0 Å². The second-order valence-electron chi connectivity index (χ2n) is 4.83. The third kappa shape index (κ3) is 2.69. The third-order valence-electron chi connectivity index (χ3n) is 3.42. The lowest BCUT2D eigenvalue weighted by Gasteiger charge is -2.02. The molecule has 0 fully saturated rings. The van der Waals surface area contributed by atoms with Crippen LogP contribution in [0.3, 0.4) is 0 Å². The average Bonchev–Trinajstić information content (AvgIpc) is 2.95. The summed E-state index contributed by atoms with van der Waals surface area (Å²) in [5.74, 6) is 0.797. The second-order valence-corrected chi connectivity index (χ2v) is 4.83. The number of para-hydroxylation sites is 1. The summed E-state index contributed by atoms with van der Waals surface area (Å²) in [6.45, 7) is 0. The topological polar surface area (TPSA) is 68.2 Å². The number of hydrogen-bond donors (Lipinski definition) is 1. The van der Waals surface area contributed by atoms with Crippen molar-refractivity contribution in [3.63, 3.8) is 0 Å². The highest BCUT2D eigenvalue weighted by molar-refractivity contribution is 5.86. The smallest absolute Gasteiger partial charge is 0.270 e. The maximum Gasteiger partial charge on any atom is 0.270 e. The minimum atomic E-state index is -0.392. The first-order chi connectivity index (χ1) is 10.7. The number of hydrogen-bond acceptors (Lipinski definition) is 3. The van der Waals surface area contributed by atoms with Gasteiger partial charge in [0.25, 0.3) is 5.69 Å². The standard InChI is InChI=1S/C17H14N2O3/c1-22-17-5-3-2-4-12(17)6-7-14-10-13-11-15(19(20)21)8-9-16(13)18-14/h2-11,18H,1H3. The van der Waals surface area contributed by atoms with E-state index in [1.807, 2.05) is 42.5 Å². The Morgan fingerprint density at radius 2 is 1.95 bits per heavy atom. The van der Waals surface area contributed by atoms with Crippen LogP contribution in [0.5, 0.6) is 5.75 Å². The van der Waals surface area contributed by atoms with Gasteiger partial charge in [0.15, 0.2) is 0 Å². The molecule has 2 aromatic carbocycles. The molecule has 110 valence electrons. The molecule has 0 radical (unpaired) electrons. The molecule has 3 aromatic rings. The summed E-state index contributed by atoms with van der Waals surface area (Å²) >= 11 is 0. The van der Waals surface area contributed by atoms with E-state index in [1.54, 1.807) is 19.2 Å². The molecule has 0 aliphatic carbocycles. The molecule has 0 saturated carbocycles. The van der Waals surface area contributed by atoms with Gasteiger partial charge in [-0.25, -0.2) is 0 Å². The van der Waals surface area contributed by atoms with Gasteiger partial charge in [-0.15, -0.1) is 0 Å². The first-order valence-corrected chi connectivity index (χ1v) is 6.75.